The summed E-state index contributed by atoms with van der Waals surface area (Å²) in [5.74, 6) is 0. The summed E-state index contributed by atoms with van der Waals surface area (Å²) in [4.78, 5) is 3.69. The third kappa shape index (κ3) is 1.51. The SMILES string of the molecule is [O-]c1nc2c(Br)c(Br)c(Br)cc2o1. The van der Waals surface area contributed by atoms with Crippen molar-refractivity contribution < 1.29 is 9.52 Å². The highest BCUT2D eigenvalue weighted by molar-refractivity contribution is 9.14. The highest BCUT2D eigenvalue weighted by atomic mass is 79.9. The van der Waals surface area contributed by atoms with Crippen molar-refractivity contribution in [3.8, 4) is 6.08 Å². The lowest BCUT2D eigenvalue weighted by atomic mass is 10.3. The average molecular weight is 371 g/mol. The molecule has 0 saturated carbocycles. The first kappa shape index (κ1) is 9.48. The van der Waals surface area contributed by atoms with Gasteiger partial charge in [-0.05, 0) is 53.9 Å². The molecule has 0 unspecified atom stereocenters. The van der Waals surface area contributed by atoms with Gasteiger partial charge in [-0.15, -0.1) is 0 Å². The lowest BCUT2D eigenvalue weighted by molar-refractivity contribution is -0.299. The molecule has 0 saturated heterocycles. The van der Waals surface area contributed by atoms with E-state index in [1.165, 1.54) is 0 Å². The molecule has 3 nitrogen and oxygen atoms in total. The number of oxazole rings is 1. The normalized spacial score (nSPS) is 11.0. The molecule has 1 aromatic heterocycles. The molecule has 1 aromatic carbocycles. The Morgan fingerprint density at radius 1 is 1.23 bits per heavy atom. The Hall–Kier alpha value is -0.0700. The van der Waals surface area contributed by atoms with Gasteiger partial charge >= 0.3 is 0 Å². The minimum absolute atomic E-state index is 0.465. The van der Waals surface area contributed by atoms with E-state index in [0.29, 0.717) is 15.6 Å². The summed E-state index contributed by atoms with van der Waals surface area (Å²) < 4.78 is 7.17. The van der Waals surface area contributed by atoms with Crippen LogP contribution in [0.1, 0.15) is 0 Å². The molecule has 0 aliphatic heterocycles. The molecule has 2 aromatic rings. The molecule has 6 heteroatoms. The van der Waals surface area contributed by atoms with Crippen LogP contribution in [0.4, 0.5) is 0 Å². The first-order valence-electron chi connectivity index (χ1n) is 3.20. The van der Waals surface area contributed by atoms with Gasteiger partial charge in [0, 0.05) is 14.5 Å². The Labute approximate surface area is 98.5 Å². The number of benzene rings is 1. The largest absolute Gasteiger partial charge is 0.564 e. The molecule has 0 radical (unpaired) electrons. The maximum absolute atomic E-state index is 10.8. The van der Waals surface area contributed by atoms with Crippen LogP contribution in [0.3, 0.4) is 0 Å². The van der Waals surface area contributed by atoms with E-state index >= 15 is 0 Å². The van der Waals surface area contributed by atoms with Gasteiger partial charge in [0.2, 0.25) is 0 Å². The van der Waals surface area contributed by atoms with E-state index in [2.05, 4.69) is 52.8 Å². The van der Waals surface area contributed by atoms with Crippen molar-refractivity contribution >= 4 is 58.9 Å². The molecule has 0 bridgehead atoms. The standard InChI is InChI=1S/C7H2Br3NO2/c8-2-1-3-6(5(10)4(2)9)11-7(12)13-3/h1H,(H,11,12)/p-1. The number of nitrogens with zero attached hydrogens (tertiary/aromatic N) is 1. The van der Waals surface area contributed by atoms with Gasteiger partial charge in [-0.25, -0.2) is 4.98 Å². The van der Waals surface area contributed by atoms with Crippen molar-refractivity contribution in [1.82, 2.24) is 4.98 Å². The Morgan fingerprint density at radius 3 is 2.62 bits per heavy atom. The van der Waals surface area contributed by atoms with E-state index in [9.17, 15) is 5.11 Å². The second-order valence-corrected chi connectivity index (χ2v) is 4.75. The Bertz CT molecular complexity index is 480. The van der Waals surface area contributed by atoms with Gasteiger partial charge in [0.05, 0.1) is 9.99 Å². The second-order valence-electron chi connectivity index (χ2n) is 2.31. The molecule has 0 fully saturated rings. The molecule has 13 heavy (non-hydrogen) atoms. The summed E-state index contributed by atoms with van der Waals surface area (Å²) in [5.41, 5.74) is 0.993. The lowest BCUT2D eigenvalue weighted by Crippen LogP contribution is -1.86. The Balaban J connectivity index is 2.92. The topological polar surface area (TPSA) is 49.1 Å². The number of fused-ring (bicyclic) bond motifs is 1. The van der Waals surface area contributed by atoms with Crippen LogP contribution in [0, 0.1) is 0 Å². The molecule has 1 heterocycles. The molecule has 0 aliphatic carbocycles. The maximum Gasteiger partial charge on any atom is 0.156 e. The highest BCUT2D eigenvalue weighted by Gasteiger charge is 2.08. The molecular formula is C7HBr3NO2-. The van der Waals surface area contributed by atoms with Crippen LogP contribution >= 0.6 is 47.8 Å². The maximum atomic E-state index is 10.8. The monoisotopic (exact) mass is 368 g/mol. The summed E-state index contributed by atoms with van der Waals surface area (Å²) in [5, 5.41) is 10.8. The van der Waals surface area contributed by atoms with E-state index < -0.39 is 6.08 Å². The van der Waals surface area contributed by atoms with Gasteiger partial charge in [-0.1, -0.05) is 0 Å². The summed E-state index contributed by atoms with van der Waals surface area (Å²) in [6.07, 6.45) is -0.583. The van der Waals surface area contributed by atoms with Crippen LogP contribution < -0.4 is 5.11 Å². The molecular weight excluding hydrogens is 370 g/mol. The van der Waals surface area contributed by atoms with Crippen LogP contribution in [-0.4, -0.2) is 4.98 Å². The third-order valence-corrected chi connectivity index (χ3v) is 4.79. The van der Waals surface area contributed by atoms with Crippen LogP contribution in [0.15, 0.2) is 23.9 Å². The van der Waals surface area contributed by atoms with Crippen molar-refractivity contribution in [2.75, 3.05) is 0 Å². The lowest BCUT2D eigenvalue weighted by Gasteiger charge is -2.00. The Kier molecular flexibility index (Phi) is 2.37. The fourth-order valence-electron chi connectivity index (χ4n) is 0.954. The van der Waals surface area contributed by atoms with Gasteiger partial charge in [0.1, 0.15) is 0 Å². The second kappa shape index (κ2) is 3.25. The van der Waals surface area contributed by atoms with Crippen LogP contribution in [-0.2, 0) is 0 Å². The van der Waals surface area contributed by atoms with Crippen molar-refractivity contribution in [3.63, 3.8) is 0 Å². The van der Waals surface area contributed by atoms with Crippen molar-refractivity contribution in [3.05, 3.63) is 19.5 Å². The number of aromatic nitrogens is 1. The van der Waals surface area contributed by atoms with Gasteiger partial charge in [0.15, 0.2) is 6.08 Å². The molecule has 0 amide bonds. The summed E-state index contributed by atoms with van der Waals surface area (Å²) in [7, 11) is 0. The van der Waals surface area contributed by atoms with Crippen LogP contribution in [0.2, 0.25) is 0 Å². The molecule has 0 aliphatic rings. The smallest absolute Gasteiger partial charge is 0.156 e. The zero-order chi connectivity index (χ0) is 9.59. The van der Waals surface area contributed by atoms with Crippen LogP contribution in [0.5, 0.6) is 6.08 Å². The zero-order valence-corrected chi connectivity index (χ0v) is 10.7. The quantitative estimate of drug-likeness (QED) is 0.669. The van der Waals surface area contributed by atoms with Gasteiger partial charge in [-0.3, -0.25) is 0 Å². The molecule has 0 spiro atoms. The van der Waals surface area contributed by atoms with Crippen molar-refractivity contribution in [1.29, 1.82) is 0 Å². The fourth-order valence-corrected chi connectivity index (χ4v) is 2.43. The first-order chi connectivity index (χ1) is 6.09. The number of hydrogen-bond donors (Lipinski definition) is 0. The van der Waals surface area contributed by atoms with Crippen LogP contribution in [0.25, 0.3) is 11.1 Å². The van der Waals surface area contributed by atoms with Gasteiger partial charge in [-0.2, -0.15) is 0 Å². The molecule has 0 atom stereocenters. The predicted octanol–water partition coefficient (Wildman–Crippen LogP) is 3.19. The van der Waals surface area contributed by atoms with E-state index in [1.54, 1.807) is 6.07 Å². The Morgan fingerprint density at radius 2 is 1.92 bits per heavy atom. The zero-order valence-electron chi connectivity index (χ0n) is 5.97. The van der Waals surface area contributed by atoms with Crippen molar-refractivity contribution in [2.24, 2.45) is 0 Å². The first-order valence-corrected chi connectivity index (χ1v) is 5.58. The molecule has 68 valence electrons. The molecule has 0 N–H and O–H groups in total. The minimum atomic E-state index is -0.583. The van der Waals surface area contributed by atoms with E-state index in [1.807, 2.05) is 0 Å². The van der Waals surface area contributed by atoms with Gasteiger partial charge < -0.3 is 9.52 Å². The number of halogens is 3. The number of rotatable bonds is 0. The number of hydrogen-bond acceptors (Lipinski definition) is 3. The highest BCUT2D eigenvalue weighted by Crippen LogP contribution is 2.37. The van der Waals surface area contributed by atoms with E-state index in [4.69, 9.17) is 4.42 Å². The van der Waals surface area contributed by atoms with Gasteiger partial charge in [0.25, 0.3) is 0 Å². The predicted molar refractivity (Wildman–Crippen MR) is 56.6 cm³/mol. The summed E-state index contributed by atoms with van der Waals surface area (Å²) >= 11 is 9.95. The third-order valence-electron chi connectivity index (χ3n) is 1.50. The average Bonchev–Trinajstić information content (AvgIpc) is 2.42. The molecule has 2 rings (SSSR count). The van der Waals surface area contributed by atoms with E-state index in [0.717, 1.165) is 8.95 Å². The fraction of sp³-hybridized carbons (Fsp3) is 0. The van der Waals surface area contributed by atoms with E-state index in [-0.39, 0.29) is 0 Å². The summed E-state index contributed by atoms with van der Waals surface area (Å²) in [6, 6.07) is 1.69. The minimum Gasteiger partial charge on any atom is -0.564 e. The van der Waals surface area contributed by atoms with Crippen molar-refractivity contribution in [2.45, 2.75) is 0 Å². The summed E-state index contributed by atoms with van der Waals surface area (Å²) in [6.45, 7) is 0.